The van der Waals surface area contributed by atoms with Crippen molar-refractivity contribution in [1.82, 2.24) is 9.62 Å². The van der Waals surface area contributed by atoms with E-state index in [2.05, 4.69) is 4.72 Å². The van der Waals surface area contributed by atoms with Gasteiger partial charge in [-0.05, 0) is 67.9 Å². The second-order valence-electron chi connectivity index (χ2n) is 8.06. The van der Waals surface area contributed by atoms with Gasteiger partial charge in [0.2, 0.25) is 15.9 Å². The zero-order chi connectivity index (χ0) is 19.6. The highest BCUT2D eigenvalue weighted by atomic mass is 32.2. The number of rotatable bonds is 4. The molecular weight excluding hydrogens is 372 g/mol. The number of benzene rings is 2. The molecule has 0 unspecified atom stereocenters. The van der Waals surface area contributed by atoms with Crippen LogP contribution < -0.4 is 4.72 Å². The molecule has 0 atom stereocenters. The number of carbonyl (C=O) groups excluding carboxylic acids is 1. The topological polar surface area (TPSA) is 66.5 Å². The van der Waals surface area contributed by atoms with E-state index in [1.807, 2.05) is 35.2 Å². The highest BCUT2D eigenvalue weighted by molar-refractivity contribution is 7.89. The summed E-state index contributed by atoms with van der Waals surface area (Å²) in [6, 6.07) is 12.9. The van der Waals surface area contributed by atoms with E-state index in [1.165, 1.54) is 6.42 Å². The van der Waals surface area contributed by atoms with Crippen molar-refractivity contribution in [2.75, 3.05) is 13.1 Å². The van der Waals surface area contributed by atoms with E-state index in [0.717, 1.165) is 62.4 Å². The van der Waals surface area contributed by atoms with E-state index in [9.17, 15) is 13.2 Å². The maximum atomic E-state index is 12.8. The second kappa shape index (κ2) is 8.21. The minimum Gasteiger partial charge on any atom is -0.342 e. The molecule has 28 heavy (non-hydrogen) atoms. The molecule has 2 aliphatic rings. The molecule has 2 fully saturated rings. The molecule has 4 rings (SSSR count). The van der Waals surface area contributed by atoms with Crippen molar-refractivity contribution in [3.63, 3.8) is 0 Å². The minimum atomic E-state index is -3.55. The Labute approximate surface area is 167 Å². The predicted molar refractivity (Wildman–Crippen MR) is 110 cm³/mol. The van der Waals surface area contributed by atoms with E-state index in [4.69, 9.17) is 0 Å². The van der Waals surface area contributed by atoms with Crippen LogP contribution in [0.4, 0.5) is 0 Å². The van der Waals surface area contributed by atoms with E-state index in [1.54, 1.807) is 12.1 Å². The fourth-order valence-electron chi connectivity index (χ4n) is 4.45. The van der Waals surface area contributed by atoms with Gasteiger partial charge in [-0.3, -0.25) is 4.79 Å². The first-order valence-electron chi connectivity index (χ1n) is 10.3. The molecule has 150 valence electrons. The van der Waals surface area contributed by atoms with Crippen LogP contribution in [0, 0.1) is 5.92 Å². The van der Waals surface area contributed by atoms with Gasteiger partial charge in [-0.2, -0.15) is 0 Å². The maximum absolute atomic E-state index is 12.8. The molecule has 6 heteroatoms. The number of fused-ring (bicyclic) bond motifs is 1. The fraction of sp³-hybridized carbons (Fsp3) is 0.500. The van der Waals surface area contributed by atoms with Gasteiger partial charge in [-0.25, -0.2) is 13.1 Å². The highest BCUT2D eigenvalue weighted by Gasteiger charge is 2.31. The molecule has 0 radical (unpaired) electrons. The molecule has 0 spiro atoms. The van der Waals surface area contributed by atoms with Gasteiger partial charge in [-0.1, -0.05) is 30.3 Å². The normalized spacial score (nSPS) is 23.6. The Hall–Kier alpha value is -1.92. The van der Waals surface area contributed by atoms with Crippen LogP contribution in [0.3, 0.4) is 0 Å². The first kappa shape index (κ1) is 19.4. The van der Waals surface area contributed by atoms with Gasteiger partial charge in [-0.15, -0.1) is 0 Å². The van der Waals surface area contributed by atoms with Crippen LogP contribution in [0.15, 0.2) is 47.4 Å². The lowest BCUT2D eigenvalue weighted by Gasteiger charge is -2.34. The van der Waals surface area contributed by atoms with Gasteiger partial charge in [0.25, 0.3) is 0 Å². The molecule has 1 saturated carbocycles. The molecule has 0 bridgehead atoms. The SMILES string of the molecule is O=C(C1CCC(NS(=O)(=O)c2ccc3ccccc3c2)CC1)N1CCCCC1. The summed E-state index contributed by atoms with van der Waals surface area (Å²) in [7, 11) is -3.55. The number of nitrogens with one attached hydrogen (secondary N) is 1. The summed E-state index contributed by atoms with van der Waals surface area (Å²) in [5.74, 6) is 0.329. The molecule has 0 aromatic heterocycles. The lowest BCUT2D eigenvalue weighted by Crippen LogP contribution is -2.43. The third-order valence-corrected chi connectivity index (χ3v) is 7.62. The Bertz CT molecular complexity index is 943. The maximum Gasteiger partial charge on any atom is 0.240 e. The zero-order valence-corrected chi connectivity index (χ0v) is 17.0. The number of nitrogens with zero attached hydrogens (tertiary/aromatic N) is 1. The molecule has 1 aliphatic heterocycles. The Morgan fingerprint density at radius 3 is 2.29 bits per heavy atom. The second-order valence-corrected chi connectivity index (χ2v) is 9.78. The number of hydrogen-bond donors (Lipinski definition) is 1. The molecule has 1 saturated heterocycles. The number of carbonyl (C=O) groups is 1. The minimum absolute atomic E-state index is 0.0551. The molecule has 1 N–H and O–H groups in total. The summed E-state index contributed by atoms with van der Waals surface area (Å²) in [6.07, 6.45) is 6.39. The lowest BCUT2D eigenvalue weighted by molar-refractivity contribution is -0.137. The molecular formula is C22H28N2O3S. The van der Waals surface area contributed by atoms with Crippen LogP contribution in [0.1, 0.15) is 44.9 Å². The van der Waals surface area contributed by atoms with Gasteiger partial charge in [0, 0.05) is 25.0 Å². The van der Waals surface area contributed by atoms with Crippen LogP contribution in [-0.2, 0) is 14.8 Å². The van der Waals surface area contributed by atoms with Gasteiger partial charge in [0.05, 0.1) is 4.90 Å². The molecule has 1 aliphatic carbocycles. The summed E-state index contributed by atoms with van der Waals surface area (Å²) in [4.78, 5) is 15.0. The third-order valence-electron chi connectivity index (χ3n) is 6.10. The van der Waals surface area contributed by atoms with Crippen molar-refractivity contribution in [2.24, 2.45) is 5.92 Å². The molecule has 2 aromatic rings. The van der Waals surface area contributed by atoms with Crippen LogP contribution in [0.2, 0.25) is 0 Å². The van der Waals surface area contributed by atoms with Crippen molar-refractivity contribution in [2.45, 2.75) is 55.9 Å². The van der Waals surface area contributed by atoms with E-state index >= 15 is 0 Å². The van der Waals surface area contributed by atoms with Crippen molar-refractivity contribution in [1.29, 1.82) is 0 Å². The van der Waals surface area contributed by atoms with Gasteiger partial charge < -0.3 is 4.90 Å². The summed E-state index contributed by atoms with van der Waals surface area (Å²) in [6.45, 7) is 1.76. The highest BCUT2D eigenvalue weighted by Crippen LogP contribution is 2.28. The largest absolute Gasteiger partial charge is 0.342 e. The summed E-state index contributed by atoms with van der Waals surface area (Å²) in [5.41, 5.74) is 0. The number of sulfonamides is 1. The van der Waals surface area contributed by atoms with Crippen LogP contribution in [-0.4, -0.2) is 38.4 Å². The molecule has 5 nitrogen and oxygen atoms in total. The van der Waals surface area contributed by atoms with Crippen LogP contribution in [0.25, 0.3) is 10.8 Å². The lowest BCUT2D eigenvalue weighted by atomic mass is 9.85. The van der Waals surface area contributed by atoms with Gasteiger partial charge in [0.15, 0.2) is 0 Å². The molecule has 2 aromatic carbocycles. The summed E-state index contributed by atoms with van der Waals surface area (Å²) >= 11 is 0. The van der Waals surface area contributed by atoms with Crippen molar-refractivity contribution in [3.8, 4) is 0 Å². The van der Waals surface area contributed by atoms with E-state index in [-0.39, 0.29) is 17.9 Å². The molecule has 1 amide bonds. The Morgan fingerprint density at radius 2 is 1.57 bits per heavy atom. The number of likely N-dealkylation sites (tertiary alicyclic amines) is 1. The molecule has 1 heterocycles. The average Bonchev–Trinajstić information content (AvgIpc) is 2.74. The van der Waals surface area contributed by atoms with E-state index < -0.39 is 10.0 Å². The van der Waals surface area contributed by atoms with Crippen LogP contribution in [0.5, 0.6) is 0 Å². The zero-order valence-electron chi connectivity index (χ0n) is 16.1. The quantitative estimate of drug-likeness (QED) is 0.851. The van der Waals surface area contributed by atoms with Crippen molar-refractivity contribution in [3.05, 3.63) is 42.5 Å². The smallest absolute Gasteiger partial charge is 0.240 e. The number of hydrogen-bond acceptors (Lipinski definition) is 3. The first-order chi connectivity index (χ1) is 13.5. The van der Waals surface area contributed by atoms with Crippen molar-refractivity contribution >= 4 is 26.7 Å². The summed E-state index contributed by atoms with van der Waals surface area (Å²) < 4.78 is 28.5. The Kier molecular flexibility index (Phi) is 5.69. The Balaban J connectivity index is 1.37. The summed E-state index contributed by atoms with van der Waals surface area (Å²) in [5, 5.41) is 1.94. The van der Waals surface area contributed by atoms with Crippen LogP contribution >= 0.6 is 0 Å². The predicted octanol–water partition coefficient (Wildman–Crippen LogP) is 3.69. The standard InChI is InChI=1S/C22H28N2O3S/c25-22(24-14-4-1-5-15-24)18-8-11-20(12-9-18)23-28(26,27)21-13-10-17-6-2-3-7-19(17)16-21/h2-3,6-7,10,13,16,18,20,23H,1,4-5,8-9,11-12,14-15H2. The van der Waals surface area contributed by atoms with Gasteiger partial charge >= 0.3 is 0 Å². The third kappa shape index (κ3) is 4.23. The Morgan fingerprint density at radius 1 is 0.893 bits per heavy atom. The first-order valence-corrected chi connectivity index (χ1v) is 11.8. The monoisotopic (exact) mass is 400 g/mol. The number of amides is 1. The van der Waals surface area contributed by atoms with Crippen molar-refractivity contribution < 1.29 is 13.2 Å². The van der Waals surface area contributed by atoms with E-state index in [0.29, 0.717) is 4.90 Å². The average molecular weight is 401 g/mol. The van der Waals surface area contributed by atoms with Gasteiger partial charge in [0.1, 0.15) is 0 Å². The number of piperidine rings is 1. The fourth-order valence-corrected chi connectivity index (χ4v) is 5.79.